The van der Waals surface area contributed by atoms with Crippen molar-refractivity contribution in [2.24, 2.45) is 0 Å². The Bertz CT molecular complexity index is 408. The summed E-state index contributed by atoms with van der Waals surface area (Å²) in [6.45, 7) is -0.181. The molecule has 14 heavy (non-hydrogen) atoms. The molecule has 0 unspecified atom stereocenters. The summed E-state index contributed by atoms with van der Waals surface area (Å²) in [6.07, 6.45) is 1.77. The molecule has 0 saturated carbocycles. The number of hydrogen-bond donors (Lipinski definition) is 1. The van der Waals surface area contributed by atoms with Gasteiger partial charge in [-0.1, -0.05) is 12.2 Å². The Hall–Kier alpha value is -1.27. The number of fused-ring (bicyclic) bond motifs is 1. The molecule has 1 aliphatic heterocycles. The summed E-state index contributed by atoms with van der Waals surface area (Å²) in [6, 6.07) is 3.64. The molecule has 1 aromatic heterocycles. The first-order valence-electron chi connectivity index (χ1n) is 3.86. The van der Waals surface area contributed by atoms with Crippen molar-refractivity contribution >= 4 is 40.5 Å². The topological polar surface area (TPSA) is 45.5 Å². The molecule has 0 spiro atoms. The molecule has 2 heterocycles. The number of aliphatic carboxylic acids is 1. The van der Waals surface area contributed by atoms with E-state index in [0.29, 0.717) is 10.1 Å². The fourth-order valence-electron chi connectivity index (χ4n) is 1.35. The van der Waals surface area contributed by atoms with Crippen LogP contribution in [0.5, 0.6) is 0 Å². The van der Waals surface area contributed by atoms with Crippen LogP contribution in [0.1, 0.15) is 5.69 Å². The summed E-state index contributed by atoms with van der Waals surface area (Å²) < 4.78 is 1.71. The zero-order valence-corrected chi connectivity index (χ0v) is 8.64. The largest absolute Gasteiger partial charge is 0.480 e. The molecular weight excluding hydrogens is 220 g/mol. The third-order valence-corrected chi connectivity index (χ3v) is 2.79. The van der Waals surface area contributed by atoms with Gasteiger partial charge >= 0.3 is 5.97 Å². The van der Waals surface area contributed by atoms with Crippen LogP contribution in [0.2, 0.25) is 0 Å². The standard InChI is InChI=1S/C8H6N2O2S2/c11-6(12)4-10-7(13)5-2-1-3-9(5)8(10)14/h1-3H,4H2,(H,11,12). The molecular formula is C8H6N2O2S2. The van der Waals surface area contributed by atoms with Crippen LogP contribution in [0.4, 0.5) is 0 Å². The predicted molar refractivity (Wildman–Crippen MR) is 58.5 cm³/mol. The normalized spacial score (nSPS) is 14.7. The van der Waals surface area contributed by atoms with Gasteiger partial charge in [0.25, 0.3) is 0 Å². The molecule has 0 bridgehead atoms. The average Bonchev–Trinajstić information content (AvgIpc) is 2.65. The van der Waals surface area contributed by atoms with Gasteiger partial charge in [-0.25, -0.2) is 0 Å². The number of carbonyl (C=O) groups is 1. The van der Waals surface area contributed by atoms with Crippen LogP contribution in [-0.2, 0) is 4.79 Å². The fraction of sp³-hybridized carbons (Fsp3) is 0.125. The highest BCUT2D eigenvalue weighted by molar-refractivity contribution is 7.82. The van der Waals surface area contributed by atoms with Gasteiger partial charge in [-0.15, -0.1) is 0 Å². The van der Waals surface area contributed by atoms with Gasteiger partial charge in [-0.3, -0.25) is 14.3 Å². The highest BCUT2D eigenvalue weighted by Gasteiger charge is 2.29. The Balaban J connectivity index is 2.35. The van der Waals surface area contributed by atoms with Crippen LogP contribution >= 0.6 is 24.4 Å². The number of rotatable bonds is 2. The first-order valence-corrected chi connectivity index (χ1v) is 4.68. The second-order valence-electron chi connectivity index (χ2n) is 2.83. The van der Waals surface area contributed by atoms with E-state index in [1.165, 1.54) is 4.90 Å². The molecule has 6 heteroatoms. The molecule has 0 aromatic carbocycles. The highest BCUT2D eigenvalue weighted by Crippen LogP contribution is 2.17. The van der Waals surface area contributed by atoms with E-state index in [9.17, 15) is 4.79 Å². The number of thiocarbonyl (C=S) groups is 2. The van der Waals surface area contributed by atoms with E-state index in [2.05, 4.69) is 0 Å². The molecule has 0 aliphatic carbocycles. The summed E-state index contributed by atoms with van der Waals surface area (Å²) in [5, 5.41) is 9.08. The van der Waals surface area contributed by atoms with Gasteiger partial charge in [0.2, 0.25) is 0 Å². The molecule has 1 aromatic rings. The van der Waals surface area contributed by atoms with Gasteiger partial charge in [-0.2, -0.15) is 0 Å². The Morgan fingerprint density at radius 3 is 2.79 bits per heavy atom. The minimum Gasteiger partial charge on any atom is -0.480 e. The molecule has 4 nitrogen and oxygen atoms in total. The molecule has 72 valence electrons. The van der Waals surface area contributed by atoms with Crippen LogP contribution in [0.3, 0.4) is 0 Å². The van der Waals surface area contributed by atoms with Gasteiger partial charge in [0, 0.05) is 6.20 Å². The van der Waals surface area contributed by atoms with Crippen LogP contribution in [0.15, 0.2) is 18.3 Å². The van der Waals surface area contributed by atoms with Gasteiger partial charge in [0.1, 0.15) is 11.5 Å². The lowest BCUT2D eigenvalue weighted by Crippen LogP contribution is -2.34. The summed E-state index contributed by atoms with van der Waals surface area (Å²) >= 11 is 10.2. The summed E-state index contributed by atoms with van der Waals surface area (Å²) in [4.78, 5) is 12.5. The Kier molecular flexibility index (Phi) is 2.09. The third-order valence-electron chi connectivity index (χ3n) is 1.94. The van der Waals surface area contributed by atoms with Crippen molar-refractivity contribution in [2.45, 2.75) is 0 Å². The maximum atomic E-state index is 10.5. The highest BCUT2D eigenvalue weighted by atomic mass is 32.1. The Morgan fingerprint density at radius 1 is 1.50 bits per heavy atom. The lowest BCUT2D eigenvalue weighted by Gasteiger charge is -2.14. The van der Waals surface area contributed by atoms with E-state index in [4.69, 9.17) is 29.5 Å². The smallest absolute Gasteiger partial charge is 0.323 e. The van der Waals surface area contributed by atoms with Crippen molar-refractivity contribution in [3.8, 4) is 0 Å². The molecule has 0 amide bonds. The molecule has 0 radical (unpaired) electrons. The fourth-order valence-corrected chi connectivity index (χ4v) is 2.04. The van der Waals surface area contributed by atoms with Gasteiger partial charge < -0.3 is 5.11 Å². The number of hydrogen-bond acceptors (Lipinski definition) is 3. The minimum atomic E-state index is -0.944. The second-order valence-corrected chi connectivity index (χ2v) is 3.58. The predicted octanol–water partition coefficient (Wildman–Crippen LogP) is 0.697. The Labute approximate surface area is 90.7 Å². The van der Waals surface area contributed by atoms with Crippen LogP contribution in [0, 0.1) is 0 Å². The maximum absolute atomic E-state index is 10.5. The first kappa shape index (κ1) is 9.29. The lowest BCUT2D eigenvalue weighted by molar-refractivity contribution is -0.136. The van der Waals surface area contributed by atoms with Crippen LogP contribution in [0.25, 0.3) is 0 Å². The van der Waals surface area contributed by atoms with E-state index in [0.717, 1.165) is 5.69 Å². The van der Waals surface area contributed by atoms with Gasteiger partial charge in [0.15, 0.2) is 5.11 Å². The molecule has 0 atom stereocenters. The number of carboxylic acids is 1. The van der Waals surface area contributed by atoms with Crippen molar-refractivity contribution in [3.05, 3.63) is 24.0 Å². The van der Waals surface area contributed by atoms with E-state index in [-0.39, 0.29) is 6.54 Å². The lowest BCUT2D eigenvalue weighted by atomic mass is 10.4. The summed E-state index contributed by atoms with van der Waals surface area (Å²) in [5.74, 6) is -0.944. The first-order chi connectivity index (χ1) is 6.61. The van der Waals surface area contributed by atoms with Crippen molar-refractivity contribution in [2.75, 3.05) is 6.54 Å². The quantitative estimate of drug-likeness (QED) is 0.752. The third kappa shape index (κ3) is 1.23. The van der Waals surface area contributed by atoms with Crippen molar-refractivity contribution in [1.82, 2.24) is 9.47 Å². The average molecular weight is 226 g/mol. The maximum Gasteiger partial charge on any atom is 0.323 e. The summed E-state index contributed by atoms with van der Waals surface area (Å²) in [7, 11) is 0. The van der Waals surface area contributed by atoms with E-state index in [1.54, 1.807) is 10.8 Å². The molecule has 1 aliphatic rings. The minimum absolute atomic E-state index is 0.181. The second kappa shape index (κ2) is 3.14. The number of nitrogens with zero attached hydrogens (tertiary/aromatic N) is 2. The SMILES string of the molecule is O=C(O)CN1C(=S)c2cccn2C1=S. The van der Waals surface area contributed by atoms with Crippen LogP contribution in [-0.4, -0.2) is 37.2 Å². The van der Waals surface area contributed by atoms with E-state index >= 15 is 0 Å². The van der Waals surface area contributed by atoms with Crippen molar-refractivity contribution < 1.29 is 9.90 Å². The molecule has 1 N–H and O–H groups in total. The van der Waals surface area contributed by atoms with E-state index < -0.39 is 5.97 Å². The van der Waals surface area contributed by atoms with Crippen LogP contribution < -0.4 is 0 Å². The number of carboxylic acid groups (broad SMARTS) is 1. The van der Waals surface area contributed by atoms with Gasteiger partial charge in [0.05, 0.1) is 5.69 Å². The Morgan fingerprint density at radius 2 is 2.21 bits per heavy atom. The number of aromatic nitrogens is 1. The molecule has 2 rings (SSSR count). The monoisotopic (exact) mass is 226 g/mol. The molecule has 0 fully saturated rings. The van der Waals surface area contributed by atoms with Crippen molar-refractivity contribution in [1.29, 1.82) is 0 Å². The zero-order valence-electron chi connectivity index (χ0n) is 7.01. The zero-order chi connectivity index (χ0) is 10.3. The summed E-state index contributed by atoms with van der Waals surface area (Å²) in [5.41, 5.74) is 0.784. The van der Waals surface area contributed by atoms with E-state index in [1.807, 2.05) is 12.1 Å². The van der Waals surface area contributed by atoms with Gasteiger partial charge in [-0.05, 0) is 24.4 Å². The van der Waals surface area contributed by atoms with Crippen molar-refractivity contribution in [3.63, 3.8) is 0 Å². The molecule has 0 saturated heterocycles.